The lowest BCUT2D eigenvalue weighted by molar-refractivity contribution is 0.311. The largest absolute Gasteiger partial charge is 0.409 e. The van der Waals surface area contributed by atoms with E-state index in [9.17, 15) is 8.42 Å². The van der Waals surface area contributed by atoms with E-state index >= 15 is 0 Å². The summed E-state index contributed by atoms with van der Waals surface area (Å²) in [7, 11) is -2.28. The number of sulfonamides is 1. The minimum absolute atomic E-state index is 0.156. The number of hydrogen-bond donors (Lipinski definition) is 2. The van der Waals surface area contributed by atoms with Gasteiger partial charge in [0, 0.05) is 7.05 Å². The van der Waals surface area contributed by atoms with E-state index in [0.717, 1.165) is 9.87 Å². The van der Waals surface area contributed by atoms with Crippen molar-refractivity contribution in [3.63, 3.8) is 0 Å². The van der Waals surface area contributed by atoms with Crippen LogP contribution in [0.3, 0.4) is 0 Å². The fraction of sp³-hybridized carbons (Fsp3) is 0.417. The van der Waals surface area contributed by atoms with Crippen LogP contribution in [0.1, 0.15) is 18.1 Å². The molecule has 0 radical (unpaired) electrons. The normalized spacial score (nSPS) is 14.7. The first-order chi connectivity index (χ1) is 8.71. The number of likely N-dealkylation sites (N-methyl/N-ethyl adjacent to an activating group) is 1. The van der Waals surface area contributed by atoms with Gasteiger partial charge < -0.3 is 10.9 Å². The van der Waals surface area contributed by atoms with Crippen LogP contribution in [0.2, 0.25) is 0 Å². The van der Waals surface area contributed by atoms with Crippen LogP contribution in [0, 0.1) is 13.8 Å². The molecule has 1 aromatic carbocycles. The van der Waals surface area contributed by atoms with Gasteiger partial charge in [0.05, 0.1) is 10.9 Å². The number of nitrogens with zero attached hydrogens (tertiary/aromatic N) is 2. The number of aryl methyl sites for hydroxylation is 2. The molecule has 0 aromatic heterocycles. The second kappa shape index (κ2) is 5.58. The van der Waals surface area contributed by atoms with Crippen LogP contribution in [-0.4, -0.2) is 36.9 Å². The monoisotopic (exact) mass is 285 g/mol. The van der Waals surface area contributed by atoms with E-state index < -0.39 is 16.1 Å². The molecule has 0 spiro atoms. The van der Waals surface area contributed by atoms with E-state index in [0.29, 0.717) is 5.56 Å². The van der Waals surface area contributed by atoms with Crippen molar-refractivity contribution in [3.8, 4) is 0 Å². The Morgan fingerprint density at radius 3 is 2.53 bits per heavy atom. The standard InChI is InChI=1S/C12H19N3O3S/c1-8-5-6-9(2)11(7-8)19(17,18)15(4)10(3)12(13)14-16/h5-7,10,16H,1-4H3,(H2,13,14). The Labute approximate surface area is 113 Å². The minimum Gasteiger partial charge on any atom is -0.409 e. The first-order valence-electron chi connectivity index (χ1n) is 5.74. The molecule has 1 atom stereocenters. The second-order valence-corrected chi connectivity index (χ2v) is 6.46. The summed E-state index contributed by atoms with van der Waals surface area (Å²) in [5, 5.41) is 11.5. The molecule has 1 aromatic rings. The third kappa shape index (κ3) is 3.05. The summed E-state index contributed by atoms with van der Waals surface area (Å²) in [6.07, 6.45) is 0. The summed E-state index contributed by atoms with van der Waals surface area (Å²) in [4.78, 5) is 0.229. The van der Waals surface area contributed by atoms with Gasteiger partial charge in [-0.15, -0.1) is 0 Å². The lowest BCUT2D eigenvalue weighted by Crippen LogP contribution is -2.43. The molecule has 0 heterocycles. The number of benzene rings is 1. The lowest BCUT2D eigenvalue weighted by Gasteiger charge is -2.24. The van der Waals surface area contributed by atoms with Gasteiger partial charge in [0.15, 0.2) is 5.84 Å². The fourth-order valence-corrected chi connectivity index (χ4v) is 3.26. The molecule has 19 heavy (non-hydrogen) atoms. The van der Waals surface area contributed by atoms with Gasteiger partial charge in [-0.2, -0.15) is 4.31 Å². The Balaban J connectivity index is 3.28. The van der Waals surface area contributed by atoms with Crippen molar-refractivity contribution >= 4 is 15.9 Å². The molecule has 3 N–H and O–H groups in total. The quantitative estimate of drug-likeness (QED) is 0.374. The Bertz CT molecular complexity index is 596. The molecule has 0 saturated carbocycles. The molecule has 0 saturated heterocycles. The van der Waals surface area contributed by atoms with Crippen LogP contribution in [0.25, 0.3) is 0 Å². The Kier molecular flexibility index (Phi) is 4.54. The molecule has 0 aliphatic rings. The second-order valence-electron chi connectivity index (χ2n) is 4.49. The van der Waals surface area contributed by atoms with Crippen LogP contribution in [0.4, 0.5) is 0 Å². The first-order valence-corrected chi connectivity index (χ1v) is 7.18. The van der Waals surface area contributed by atoms with Crippen molar-refractivity contribution in [2.45, 2.75) is 31.7 Å². The molecule has 0 aliphatic carbocycles. The van der Waals surface area contributed by atoms with Crippen molar-refractivity contribution in [1.82, 2.24) is 4.31 Å². The number of amidine groups is 1. The molecule has 0 aliphatic heterocycles. The summed E-state index contributed by atoms with van der Waals surface area (Å²) in [5.74, 6) is -0.156. The smallest absolute Gasteiger partial charge is 0.243 e. The van der Waals surface area contributed by atoms with E-state index in [1.165, 1.54) is 7.05 Å². The van der Waals surface area contributed by atoms with Crippen LogP contribution in [0.15, 0.2) is 28.3 Å². The SMILES string of the molecule is Cc1ccc(C)c(S(=O)(=O)N(C)C(C)C(N)=NO)c1. The van der Waals surface area contributed by atoms with E-state index in [-0.39, 0.29) is 10.7 Å². The van der Waals surface area contributed by atoms with Crippen molar-refractivity contribution in [2.75, 3.05) is 7.05 Å². The topological polar surface area (TPSA) is 96.0 Å². The third-order valence-electron chi connectivity index (χ3n) is 3.09. The van der Waals surface area contributed by atoms with Crippen LogP contribution < -0.4 is 5.73 Å². The summed E-state index contributed by atoms with van der Waals surface area (Å²) in [5.41, 5.74) is 6.97. The van der Waals surface area contributed by atoms with Gasteiger partial charge in [0.25, 0.3) is 0 Å². The minimum atomic E-state index is -3.69. The maximum absolute atomic E-state index is 12.5. The summed E-state index contributed by atoms with van der Waals surface area (Å²) in [6.45, 7) is 5.11. The van der Waals surface area contributed by atoms with Gasteiger partial charge in [-0.25, -0.2) is 8.42 Å². The van der Waals surface area contributed by atoms with Gasteiger partial charge in [0.1, 0.15) is 0 Å². The molecule has 0 amide bonds. The van der Waals surface area contributed by atoms with E-state index in [1.54, 1.807) is 26.0 Å². The summed E-state index contributed by atoms with van der Waals surface area (Å²) >= 11 is 0. The Morgan fingerprint density at radius 2 is 2.00 bits per heavy atom. The van der Waals surface area contributed by atoms with E-state index in [1.807, 2.05) is 13.0 Å². The number of rotatable bonds is 4. The molecular formula is C12H19N3O3S. The third-order valence-corrected chi connectivity index (χ3v) is 5.16. The first kappa shape index (κ1) is 15.5. The highest BCUT2D eigenvalue weighted by Gasteiger charge is 2.28. The fourth-order valence-electron chi connectivity index (χ4n) is 1.62. The van der Waals surface area contributed by atoms with Gasteiger partial charge in [0.2, 0.25) is 10.0 Å². The average molecular weight is 285 g/mol. The highest BCUT2D eigenvalue weighted by Crippen LogP contribution is 2.21. The highest BCUT2D eigenvalue weighted by molar-refractivity contribution is 7.89. The number of oxime groups is 1. The van der Waals surface area contributed by atoms with Crippen molar-refractivity contribution in [2.24, 2.45) is 10.9 Å². The molecule has 1 unspecified atom stereocenters. The molecule has 106 valence electrons. The zero-order valence-electron chi connectivity index (χ0n) is 11.5. The summed E-state index contributed by atoms with van der Waals surface area (Å²) < 4.78 is 26.1. The average Bonchev–Trinajstić information content (AvgIpc) is 2.38. The Hall–Kier alpha value is -1.60. The van der Waals surface area contributed by atoms with E-state index in [4.69, 9.17) is 10.9 Å². The maximum Gasteiger partial charge on any atom is 0.243 e. The molecule has 0 bridgehead atoms. The maximum atomic E-state index is 12.5. The zero-order chi connectivity index (χ0) is 14.8. The Morgan fingerprint density at radius 1 is 1.42 bits per heavy atom. The number of hydrogen-bond acceptors (Lipinski definition) is 4. The highest BCUT2D eigenvalue weighted by atomic mass is 32.2. The molecule has 0 fully saturated rings. The van der Waals surface area contributed by atoms with Gasteiger partial charge >= 0.3 is 0 Å². The predicted octanol–water partition coefficient (Wildman–Crippen LogP) is 1.06. The zero-order valence-corrected chi connectivity index (χ0v) is 12.3. The summed E-state index contributed by atoms with van der Waals surface area (Å²) in [6, 6.07) is 4.49. The number of nitrogens with two attached hydrogens (primary N) is 1. The lowest BCUT2D eigenvalue weighted by atomic mass is 10.2. The van der Waals surface area contributed by atoms with Crippen LogP contribution in [0.5, 0.6) is 0 Å². The molecule has 1 rings (SSSR count). The predicted molar refractivity (Wildman–Crippen MR) is 73.7 cm³/mol. The van der Waals surface area contributed by atoms with Crippen LogP contribution >= 0.6 is 0 Å². The molecule has 6 nitrogen and oxygen atoms in total. The van der Waals surface area contributed by atoms with Crippen molar-refractivity contribution in [1.29, 1.82) is 0 Å². The molecule has 7 heteroatoms. The van der Waals surface area contributed by atoms with Crippen molar-refractivity contribution < 1.29 is 13.6 Å². The van der Waals surface area contributed by atoms with Crippen LogP contribution in [-0.2, 0) is 10.0 Å². The van der Waals surface area contributed by atoms with Gasteiger partial charge in [-0.05, 0) is 38.0 Å². The van der Waals surface area contributed by atoms with Crippen molar-refractivity contribution in [3.05, 3.63) is 29.3 Å². The van der Waals surface area contributed by atoms with Gasteiger partial charge in [-0.1, -0.05) is 17.3 Å². The van der Waals surface area contributed by atoms with E-state index in [2.05, 4.69) is 5.16 Å². The van der Waals surface area contributed by atoms with Gasteiger partial charge in [-0.3, -0.25) is 0 Å². The molecular weight excluding hydrogens is 266 g/mol.